The Morgan fingerprint density at radius 2 is 2.04 bits per heavy atom. The molecule has 1 saturated carbocycles. The molecule has 1 aromatic carbocycles. The minimum Gasteiger partial charge on any atom is -0.439 e. The van der Waals surface area contributed by atoms with Gasteiger partial charge in [0.1, 0.15) is 5.75 Å². The van der Waals surface area contributed by atoms with Crippen LogP contribution in [-0.4, -0.2) is 29.0 Å². The highest BCUT2D eigenvalue weighted by molar-refractivity contribution is 5.94. The van der Waals surface area contributed by atoms with Crippen LogP contribution in [0.25, 0.3) is 0 Å². The van der Waals surface area contributed by atoms with E-state index in [1.807, 2.05) is 30.3 Å². The third-order valence-electron chi connectivity index (χ3n) is 4.64. The number of carbonyl (C=O) groups is 1. The minimum absolute atomic E-state index is 0.0660. The van der Waals surface area contributed by atoms with E-state index in [4.69, 9.17) is 4.74 Å². The number of rotatable bonds is 4. The summed E-state index contributed by atoms with van der Waals surface area (Å²) in [5.41, 5.74) is 0.729. The van der Waals surface area contributed by atoms with E-state index in [-0.39, 0.29) is 17.5 Å². The second-order valence-corrected chi connectivity index (χ2v) is 6.20. The fourth-order valence-corrected chi connectivity index (χ4v) is 3.16. The zero-order chi connectivity index (χ0) is 15.7. The minimum atomic E-state index is -0.0660. The zero-order valence-corrected chi connectivity index (χ0v) is 12.8. The summed E-state index contributed by atoms with van der Waals surface area (Å²) in [7, 11) is 0. The van der Waals surface area contributed by atoms with E-state index < -0.39 is 0 Å². The highest BCUT2D eigenvalue weighted by Gasteiger charge is 2.52. The highest BCUT2D eigenvalue weighted by Crippen LogP contribution is 2.42. The second-order valence-electron chi connectivity index (χ2n) is 6.20. The zero-order valence-electron chi connectivity index (χ0n) is 12.8. The van der Waals surface area contributed by atoms with Gasteiger partial charge in [0.05, 0.1) is 5.56 Å². The molecule has 5 heteroatoms. The summed E-state index contributed by atoms with van der Waals surface area (Å²) in [5.74, 6) is 1.14. The molecule has 2 aromatic rings. The molecule has 2 aliphatic rings. The van der Waals surface area contributed by atoms with Crippen molar-refractivity contribution in [3.05, 3.63) is 54.2 Å². The first-order valence-corrected chi connectivity index (χ1v) is 8.00. The normalized spacial score (nSPS) is 21.1. The van der Waals surface area contributed by atoms with Crippen molar-refractivity contribution in [3.63, 3.8) is 0 Å². The molecule has 1 aromatic heterocycles. The number of nitrogens with zero attached hydrogens (tertiary/aromatic N) is 1. The molecule has 1 atom stereocenters. The maximum Gasteiger partial charge on any atom is 0.253 e. The molecule has 1 aliphatic heterocycles. The number of aromatic nitrogens is 1. The van der Waals surface area contributed by atoms with Crippen LogP contribution < -0.4 is 15.4 Å². The van der Waals surface area contributed by atoms with Gasteiger partial charge in [0.15, 0.2) is 0 Å². The fourth-order valence-electron chi connectivity index (χ4n) is 3.16. The monoisotopic (exact) mass is 309 g/mol. The number of para-hydroxylation sites is 1. The lowest BCUT2D eigenvalue weighted by molar-refractivity contribution is 0.0931. The van der Waals surface area contributed by atoms with Crippen LogP contribution in [0.1, 0.15) is 29.6 Å². The number of benzene rings is 1. The molecule has 23 heavy (non-hydrogen) atoms. The lowest BCUT2D eigenvalue weighted by Gasteiger charge is -2.19. The number of amides is 1. The third kappa shape index (κ3) is 2.92. The van der Waals surface area contributed by atoms with E-state index in [9.17, 15) is 4.79 Å². The lowest BCUT2D eigenvalue weighted by Crippen LogP contribution is -2.45. The molecule has 1 amide bonds. The summed E-state index contributed by atoms with van der Waals surface area (Å²) in [5, 5.41) is 6.63. The highest BCUT2D eigenvalue weighted by atomic mass is 16.5. The average Bonchev–Trinajstić information content (AvgIpc) is 3.26. The largest absolute Gasteiger partial charge is 0.439 e. The van der Waals surface area contributed by atoms with Crippen molar-refractivity contribution in [1.82, 2.24) is 15.6 Å². The van der Waals surface area contributed by atoms with Gasteiger partial charge in [0, 0.05) is 23.8 Å². The van der Waals surface area contributed by atoms with Crippen molar-refractivity contribution in [2.75, 3.05) is 6.54 Å². The summed E-state index contributed by atoms with van der Waals surface area (Å²) < 4.78 is 5.64. The van der Waals surface area contributed by atoms with Crippen LogP contribution in [0, 0.1) is 0 Å². The van der Waals surface area contributed by atoms with Gasteiger partial charge in [-0.25, -0.2) is 4.98 Å². The Morgan fingerprint density at radius 1 is 1.22 bits per heavy atom. The third-order valence-corrected chi connectivity index (χ3v) is 4.64. The average molecular weight is 309 g/mol. The number of nitrogens with one attached hydrogen (secondary N) is 2. The molecule has 1 saturated heterocycles. The molecule has 1 unspecified atom stereocenters. The van der Waals surface area contributed by atoms with Crippen LogP contribution in [-0.2, 0) is 0 Å². The summed E-state index contributed by atoms with van der Waals surface area (Å²) in [6.45, 7) is 0.979. The van der Waals surface area contributed by atoms with Crippen molar-refractivity contribution in [3.8, 4) is 11.6 Å². The van der Waals surface area contributed by atoms with Gasteiger partial charge >= 0.3 is 0 Å². The molecule has 2 fully saturated rings. The summed E-state index contributed by atoms with van der Waals surface area (Å²) >= 11 is 0. The molecule has 5 nitrogen and oxygen atoms in total. The first-order chi connectivity index (χ1) is 11.3. The summed E-state index contributed by atoms with van der Waals surface area (Å²) in [4.78, 5) is 16.6. The Kier molecular flexibility index (Phi) is 3.50. The van der Waals surface area contributed by atoms with E-state index >= 15 is 0 Å². The molecule has 2 N–H and O–H groups in total. The van der Waals surface area contributed by atoms with E-state index in [0.29, 0.717) is 11.4 Å². The maximum absolute atomic E-state index is 12.4. The van der Waals surface area contributed by atoms with Crippen LogP contribution in [0.15, 0.2) is 48.7 Å². The molecular weight excluding hydrogens is 290 g/mol. The standard InChI is InChI=1S/C18H19N3O2/c22-17(21-15-8-11-20-18(15)9-10-18)13-6-7-16(19-12-13)23-14-4-2-1-3-5-14/h1-7,12,15,20H,8-11H2,(H,21,22). The number of carbonyl (C=O) groups excluding carboxylic acids is 1. The van der Waals surface area contributed by atoms with Crippen LogP contribution >= 0.6 is 0 Å². The van der Waals surface area contributed by atoms with Crippen LogP contribution in [0.4, 0.5) is 0 Å². The Balaban J connectivity index is 1.40. The molecule has 0 radical (unpaired) electrons. The van der Waals surface area contributed by atoms with Crippen LogP contribution in [0.5, 0.6) is 11.6 Å². The van der Waals surface area contributed by atoms with Gasteiger partial charge in [0.2, 0.25) is 5.88 Å². The van der Waals surface area contributed by atoms with Gasteiger partial charge in [-0.05, 0) is 44.0 Å². The summed E-state index contributed by atoms with van der Waals surface area (Å²) in [6.07, 6.45) is 4.87. The van der Waals surface area contributed by atoms with Gasteiger partial charge in [-0.3, -0.25) is 4.79 Å². The molecular formula is C18H19N3O2. The Bertz CT molecular complexity index is 696. The second kappa shape index (κ2) is 5.66. The fraction of sp³-hybridized carbons (Fsp3) is 0.333. The quantitative estimate of drug-likeness (QED) is 0.911. The van der Waals surface area contributed by atoms with E-state index in [1.54, 1.807) is 18.3 Å². The van der Waals surface area contributed by atoms with E-state index in [2.05, 4.69) is 15.6 Å². The van der Waals surface area contributed by atoms with E-state index in [0.717, 1.165) is 31.6 Å². The Morgan fingerprint density at radius 3 is 2.74 bits per heavy atom. The van der Waals surface area contributed by atoms with Crippen LogP contribution in [0.2, 0.25) is 0 Å². The first kappa shape index (κ1) is 14.2. The number of hydrogen-bond donors (Lipinski definition) is 2. The molecule has 0 bridgehead atoms. The van der Waals surface area contributed by atoms with Gasteiger partial charge in [-0.15, -0.1) is 0 Å². The molecule has 4 rings (SSSR count). The van der Waals surface area contributed by atoms with Gasteiger partial charge in [-0.2, -0.15) is 0 Å². The van der Waals surface area contributed by atoms with Gasteiger partial charge < -0.3 is 15.4 Å². The molecule has 118 valence electrons. The topological polar surface area (TPSA) is 63.2 Å². The van der Waals surface area contributed by atoms with Crippen LogP contribution in [0.3, 0.4) is 0 Å². The SMILES string of the molecule is O=C(NC1CCNC12CC2)c1ccc(Oc2ccccc2)nc1. The van der Waals surface area contributed by atoms with Crippen molar-refractivity contribution < 1.29 is 9.53 Å². The Hall–Kier alpha value is -2.40. The summed E-state index contributed by atoms with van der Waals surface area (Å²) in [6, 6.07) is 13.2. The first-order valence-electron chi connectivity index (χ1n) is 8.00. The smallest absolute Gasteiger partial charge is 0.253 e. The molecule has 2 heterocycles. The van der Waals surface area contributed by atoms with Gasteiger partial charge in [-0.1, -0.05) is 18.2 Å². The van der Waals surface area contributed by atoms with Crippen molar-refractivity contribution >= 4 is 5.91 Å². The van der Waals surface area contributed by atoms with E-state index in [1.165, 1.54) is 0 Å². The number of pyridine rings is 1. The number of ether oxygens (including phenoxy) is 1. The molecule has 1 spiro atoms. The predicted octanol–water partition coefficient (Wildman–Crippen LogP) is 2.50. The Labute approximate surface area is 135 Å². The van der Waals surface area contributed by atoms with Crippen molar-refractivity contribution in [2.24, 2.45) is 0 Å². The molecule has 1 aliphatic carbocycles. The van der Waals surface area contributed by atoms with Crippen molar-refractivity contribution in [2.45, 2.75) is 30.8 Å². The lowest BCUT2D eigenvalue weighted by atomic mass is 10.1. The maximum atomic E-state index is 12.4. The van der Waals surface area contributed by atoms with Gasteiger partial charge in [0.25, 0.3) is 5.91 Å². The number of hydrogen-bond acceptors (Lipinski definition) is 4. The predicted molar refractivity (Wildman–Crippen MR) is 86.6 cm³/mol. The van der Waals surface area contributed by atoms with Crippen molar-refractivity contribution in [1.29, 1.82) is 0 Å².